The van der Waals surface area contributed by atoms with Gasteiger partial charge in [-0.2, -0.15) is 0 Å². The summed E-state index contributed by atoms with van der Waals surface area (Å²) in [6.45, 7) is 2.30. The third kappa shape index (κ3) is 4.67. The van der Waals surface area contributed by atoms with E-state index in [2.05, 4.69) is 10.2 Å². The van der Waals surface area contributed by atoms with Gasteiger partial charge in [0, 0.05) is 24.3 Å². The van der Waals surface area contributed by atoms with Crippen molar-refractivity contribution >= 4 is 17.5 Å². The largest absolute Gasteiger partial charge is 0.366 e. The molecule has 0 aromatic heterocycles. The van der Waals surface area contributed by atoms with Gasteiger partial charge in [-0.1, -0.05) is 12.1 Å². The zero-order chi connectivity index (χ0) is 18.5. The maximum absolute atomic E-state index is 13.0. The average molecular weight is 355 g/mol. The number of nitrogens with two attached hydrogens (primary N) is 1. The molecule has 1 saturated heterocycles. The molecule has 0 bridgehead atoms. The van der Waals surface area contributed by atoms with E-state index in [1.54, 1.807) is 36.4 Å². The van der Waals surface area contributed by atoms with E-state index < -0.39 is 5.91 Å². The summed E-state index contributed by atoms with van der Waals surface area (Å²) in [4.78, 5) is 25.9. The number of nitrogens with zero attached hydrogens (tertiary/aromatic N) is 1. The molecule has 1 unspecified atom stereocenters. The highest BCUT2D eigenvalue weighted by Gasteiger charge is 2.25. The number of carbonyl (C=O) groups is 2. The Morgan fingerprint density at radius 3 is 2.46 bits per heavy atom. The minimum Gasteiger partial charge on any atom is -0.366 e. The molecule has 6 heteroatoms. The molecular formula is C20H22FN3O2. The molecule has 0 spiro atoms. The van der Waals surface area contributed by atoms with Crippen molar-refractivity contribution in [2.45, 2.75) is 19.4 Å². The van der Waals surface area contributed by atoms with Gasteiger partial charge < -0.3 is 11.1 Å². The summed E-state index contributed by atoms with van der Waals surface area (Å²) >= 11 is 0. The van der Waals surface area contributed by atoms with Crippen LogP contribution >= 0.6 is 0 Å². The van der Waals surface area contributed by atoms with E-state index in [0.29, 0.717) is 24.3 Å². The zero-order valence-corrected chi connectivity index (χ0v) is 14.5. The zero-order valence-electron chi connectivity index (χ0n) is 14.5. The van der Waals surface area contributed by atoms with E-state index in [1.807, 2.05) is 0 Å². The molecule has 0 saturated carbocycles. The van der Waals surface area contributed by atoms with Gasteiger partial charge in [0.15, 0.2) is 0 Å². The molecule has 3 N–H and O–H groups in total. The molecule has 1 aliphatic rings. The summed E-state index contributed by atoms with van der Waals surface area (Å²) in [6, 6.07) is 13.0. The number of benzene rings is 2. The van der Waals surface area contributed by atoms with Gasteiger partial charge in [0.2, 0.25) is 11.8 Å². The molecule has 1 fully saturated rings. The van der Waals surface area contributed by atoms with Crippen LogP contribution in [0.1, 0.15) is 28.8 Å². The third-order valence-electron chi connectivity index (χ3n) is 4.63. The number of piperidine rings is 1. The fourth-order valence-corrected chi connectivity index (χ4v) is 3.22. The predicted molar refractivity (Wildman–Crippen MR) is 98.0 cm³/mol. The van der Waals surface area contributed by atoms with Crippen molar-refractivity contribution in [1.29, 1.82) is 0 Å². The van der Waals surface area contributed by atoms with Crippen LogP contribution in [0.4, 0.5) is 10.1 Å². The second-order valence-corrected chi connectivity index (χ2v) is 6.63. The first kappa shape index (κ1) is 18.1. The number of hydrogen-bond donors (Lipinski definition) is 2. The summed E-state index contributed by atoms with van der Waals surface area (Å²) in [7, 11) is 0. The Kier molecular flexibility index (Phi) is 5.63. The molecule has 136 valence electrons. The summed E-state index contributed by atoms with van der Waals surface area (Å²) in [5.41, 5.74) is 7.31. The van der Waals surface area contributed by atoms with Gasteiger partial charge >= 0.3 is 0 Å². The standard InChI is InChI=1S/C20H22FN3O2/c21-17-7-3-14(4-8-17)12-24-11-1-2-16(13-24)20(26)23-18-9-5-15(6-10-18)19(22)25/h3-10,16H,1-2,11-13H2,(H2,22,25)(H,23,26). The summed E-state index contributed by atoms with van der Waals surface area (Å²) in [6.07, 6.45) is 1.78. The van der Waals surface area contributed by atoms with Gasteiger partial charge in [-0.05, 0) is 61.3 Å². The predicted octanol–water partition coefficient (Wildman–Crippen LogP) is 2.78. The lowest BCUT2D eigenvalue weighted by molar-refractivity contribution is -0.121. The van der Waals surface area contributed by atoms with Crippen LogP contribution in [0.25, 0.3) is 0 Å². The van der Waals surface area contributed by atoms with E-state index in [0.717, 1.165) is 24.9 Å². The Balaban J connectivity index is 1.57. The number of nitrogens with one attached hydrogen (secondary N) is 1. The van der Waals surface area contributed by atoms with E-state index >= 15 is 0 Å². The average Bonchev–Trinajstić information content (AvgIpc) is 2.64. The number of amides is 2. The van der Waals surface area contributed by atoms with E-state index in [4.69, 9.17) is 5.73 Å². The van der Waals surface area contributed by atoms with Crippen LogP contribution in [0.2, 0.25) is 0 Å². The lowest BCUT2D eigenvalue weighted by Crippen LogP contribution is -2.40. The summed E-state index contributed by atoms with van der Waals surface area (Å²) < 4.78 is 13.0. The monoisotopic (exact) mass is 355 g/mol. The van der Waals surface area contributed by atoms with Gasteiger partial charge in [0.1, 0.15) is 5.82 Å². The van der Waals surface area contributed by atoms with Gasteiger partial charge in [0.25, 0.3) is 0 Å². The molecule has 2 aromatic carbocycles. The number of anilines is 1. The van der Waals surface area contributed by atoms with E-state index in [-0.39, 0.29) is 17.6 Å². The van der Waals surface area contributed by atoms with E-state index in [1.165, 1.54) is 12.1 Å². The van der Waals surface area contributed by atoms with Crippen molar-refractivity contribution < 1.29 is 14.0 Å². The number of halogens is 1. The number of primary amides is 1. The van der Waals surface area contributed by atoms with E-state index in [9.17, 15) is 14.0 Å². The molecule has 2 aromatic rings. The number of carbonyl (C=O) groups excluding carboxylic acids is 2. The molecule has 1 atom stereocenters. The van der Waals surface area contributed by atoms with Crippen molar-refractivity contribution in [2.75, 3.05) is 18.4 Å². The van der Waals surface area contributed by atoms with Crippen LogP contribution in [-0.2, 0) is 11.3 Å². The maximum atomic E-state index is 13.0. The molecule has 1 heterocycles. The Hall–Kier alpha value is -2.73. The molecular weight excluding hydrogens is 333 g/mol. The molecule has 2 amide bonds. The highest BCUT2D eigenvalue weighted by Crippen LogP contribution is 2.21. The normalized spacial score (nSPS) is 17.7. The molecule has 26 heavy (non-hydrogen) atoms. The lowest BCUT2D eigenvalue weighted by atomic mass is 9.96. The molecule has 0 aliphatic carbocycles. The molecule has 3 rings (SSSR count). The second-order valence-electron chi connectivity index (χ2n) is 6.63. The first-order valence-corrected chi connectivity index (χ1v) is 8.69. The van der Waals surface area contributed by atoms with Crippen LogP contribution in [0.5, 0.6) is 0 Å². The van der Waals surface area contributed by atoms with Crippen LogP contribution in [-0.4, -0.2) is 29.8 Å². The van der Waals surface area contributed by atoms with Crippen LogP contribution < -0.4 is 11.1 Å². The Bertz CT molecular complexity index is 775. The molecule has 5 nitrogen and oxygen atoms in total. The minimum atomic E-state index is -0.494. The highest BCUT2D eigenvalue weighted by atomic mass is 19.1. The molecule has 0 radical (unpaired) electrons. The van der Waals surface area contributed by atoms with Crippen molar-refractivity contribution in [3.05, 3.63) is 65.5 Å². The topological polar surface area (TPSA) is 75.4 Å². The fraction of sp³-hybridized carbons (Fsp3) is 0.300. The van der Waals surface area contributed by atoms with Gasteiger partial charge in [0.05, 0.1) is 5.92 Å². The highest BCUT2D eigenvalue weighted by molar-refractivity contribution is 5.95. The minimum absolute atomic E-state index is 0.0272. The van der Waals surface area contributed by atoms with Crippen LogP contribution in [0.15, 0.2) is 48.5 Å². The third-order valence-corrected chi connectivity index (χ3v) is 4.63. The van der Waals surface area contributed by atoms with Crippen molar-refractivity contribution in [1.82, 2.24) is 4.90 Å². The Labute approximate surface area is 152 Å². The summed E-state index contributed by atoms with van der Waals surface area (Å²) in [5, 5.41) is 2.90. The molecule has 1 aliphatic heterocycles. The number of hydrogen-bond acceptors (Lipinski definition) is 3. The number of likely N-dealkylation sites (tertiary alicyclic amines) is 1. The fourth-order valence-electron chi connectivity index (χ4n) is 3.22. The second kappa shape index (κ2) is 8.10. The van der Waals surface area contributed by atoms with Crippen molar-refractivity contribution in [3.8, 4) is 0 Å². The smallest absolute Gasteiger partial charge is 0.248 e. The quantitative estimate of drug-likeness (QED) is 0.866. The van der Waals surface area contributed by atoms with Crippen molar-refractivity contribution in [2.24, 2.45) is 11.7 Å². The van der Waals surface area contributed by atoms with Gasteiger partial charge in [-0.25, -0.2) is 4.39 Å². The van der Waals surface area contributed by atoms with Crippen LogP contribution in [0.3, 0.4) is 0 Å². The van der Waals surface area contributed by atoms with Gasteiger partial charge in [-0.3, -0.25) is 14.5 Å². The Morgan fingerprint density at radius 1 is 1.12 bits per heavy atom. The van der Waals surface area contributed by atoms with Gasteiger partial charge in [-0.15, -0.1) is 0 Å². The lowest BCUT2D eigenvalue weighted by Gasteiger charge is -2.32. The maximum Gasteiger partial charge on any atom is 0.248 e. The first-order valence-electron chi connectivity index (χ1n) is 8.69. The van der Waals surface area contributed by atoms with Crippen molar-refractivity contribution in [3.63, 3.8) is 0 Å². The SMILES string of the molecule is NC(=O)c1ccc(NC(=O)C2CCCN(Cc3ccc(F)cc3)C2)cc1. The first-order chi connectivity index (χ1) is 12.5. The van der Waals surface area contributed by atoms with Crippen LogP contribution in [0, 0.1) is 11.7 Å². The number of rotatable bonds is 5. The Morgan fingerprint density at radius 2 is 1.81 bits per heavy atom. The summed E-state index contributed by atoms with van der Waals surface area (Å²) in [5.74, 6) is -0.862.